The summed E-state index contributed by atoms with van der Waals surface area (Å²) in [6.07, 6.45) is 0.395. The summed E-state index contributed by atoms with van der Waals surface area (Å²) < 4.78 is 5.13. The molecule has 0 aliphatic rings. The van der Waals surface area contributed by atoms with Gasteiger partial charge in [0.1, 0.15) is 5.75 Å². The van der Waals surface area contributed by atoms with Crippen molar-refractivity contribution in [1.82, 2.24) is 0 Å². The number of hydrogen-bond donors (Lipinski definition) is 1. The van der Waals surface area contributed by atoms with E-state index in [2.05, 4.69) is 0 Å². The maximum atomic E-state index is 12.4. The highest BCUT2D eigenvalue weighted by atomic mass is 32.1. The summed E-state index contributed by atoms with van der Waals surface area (Å²) in [5.74, 6) is 0.921. The van der Waals surface area contributed by atoms with Crippen LogP contribution >= 0.6 is 11.3 Å². The molecule has 3 nitrogen and oxygen atoms in total. The van der Waals surface area contributed by atoms with Gasteiger partial charge < -0.3 is 10.5 Å². The lowest BCUT2D eigenvalue weighted by Crippen LogP contribution is -2.00. The van der Waals surface area contributed by atoms with Crippen LogP contribution in [-0.2, 0) is 6.42 Å². The highest BCUT2D eigenvalue weighted by molar-refractivity contribution is 7.17. The predicted octanol–water partition coefficient (Wildman–Crippen LogP) is 4.43. The molecule has 1 heterocycles. The average molecular weight is 323 g/mol. The lowest BCUT2D eigenvalue weighted by atomic mass is 10.1. The molecular weight excluding hydrogens is 306 g/mol. The normalized spacial score (nSPS) is 10.5. The minimum absolute atomic E-state index is 0.127. The molecule has 3 aromatic rings. The van der Waals surface area contributed by atoms with Crippen LogP contribution in [0.25, 0.3) is 10.4 Å². The lowest BCUT2D eigenvalue weighted by molar-refractivity contribution is 0.0997. The van der Waals surface area contributed by atoms with E-state index in [4.69, 9.17) is 10.5 Å². The SMILES string of the molecule is COc1ccc(CC(=O)c2ccc(-c3ccc(N)cc3)s2)cc1. The van der Waals surface area contributed by atoms with Crippen LogP contribution in [-0.4, -0.2) is 12.9 Å². The largest absolute Gasteiger partial charge is 0.497 e. The molecule has 116 valence electrons. The number of hydrogen-bond acceptors (Lipinski definition) is 4. The van der Waals surface area contributed by atoms with E-state index in [0.717, 1.165) is 32.3 Å². The Morgan fingerprint density at radius 2 is 1.70 bits per heavy atom. The lowest BCUT2D eigenvalue weighted by Gasteiger charge is -2.02. The van der Waals surface area contributed by atoms with Crippen LogP contribution in [0.2, 0.25) is 0 Å². The van der Waals surface area contributed by atoms with E-state index < -0.39 is 0 Å². The van der Waals surface area contributed by atoms with Gasteiger partial charge in [0.25, 0.3) is 0 Å². The van der Waals surface area contributed by atoms with Crippen molar-refractivity contribution >= 4 is 22.8 Å². The Bertz CT molecular complexity index is 804. The van der Waals surface area contributed by atoms with Gasteiger partial charge in [0.2, 0.25) is 0 Å². The van der Waals surface area contributed by atoms with Gasteiger partial charge in [0.15, 0.2) is 5.78 Å². The van der Waals surface area contributed by atoms with E-state index in [1.165, 1.54) is 11.3 Å². The molecule has 3 rings (SSSR count). The molecule has 0 saturated heterocycles. The predicted molar refractivity (Wildman–Crippen MR) is 95.2 cm³/mol. The first-order chi connectivity index (χ1) is 11.2. The first-order valence-corrected chi connectivity index (χ1v) is 8.09. The maximum absolute atomic E-state index is 12.4. The van der Waals surface area contributed by atoms with Crippen LogP contribution < -0.4 is 10.5 Å². The third-order valence-electron chi connectivity index (χ3n) is 3.60. The van der Waals surface area contributed by atoms with Crippen molar-refractivity contribution < 1.29 is 9.53 Å². The molecule has 2 N–H and O–H groups in total. The number of benzene rings is 2. The summed E-state index contributed by atoms with van der Waals surface area (Å²) in [5.41, 5.74) is 8.50. The molecule has 0 radical (unpaired) electrons. The topological polar surface area (TPSA) is 52.3 Å². The minimum atomic E-state index is 0.127. The average Bonchev–Trinajstić information content (AvgIpc) is 3.06. The number of anilines is 1. The Morgan fingerprint density at radius 1 is 1.00 bits per heavy atom. The molecule has 0 aliphatic carbocycles. The number of nitrogen functional groups attached to an aromatic ring is 1. The number of Topliss-reactive ketones (excluding diaryl/α,β-unsaturated/α-hetero) is 1. The van der Waals surface area contributed by atoms with Gasteiger partial charge in [-0.1, -0.05) is 24.3 Å². The van der Waals surface area contributed by atoms with Gasteiger partial charge >= 0.3 is 0 Å². The van der Waals surface area contributed by atoms with Gasteiger partial charge in [-0.25, -0.2) is 0 Å². The van der Waals surface area contributed by atoms with Crippen LogP contribution in [0.5, 0.6) is 5.75 Å². The van der Waals surface area contributed by atoms with Crippen molar-refractivity contribution in [3.8, 4) is 16.2 Å². The highest BCUT2D eigenvalue weighted by Crippen LogP contribution is 2.29. The van der Waals surface area contributed by atoms with Crippen molar-refractivity contribution in [3.63, 3.8) is 0 Å². The second kappa shape index (κ2) is 6.67. The quantitative estimate of drug-likeness (QED) is 0.558. The number of ketones is 1. The fraction of sp³-hybridized carbons (Fsp3) is 0.105. The molecule has 0 spiro atoms. The number of thiophene rings is 1. The molecule has 0 atom stereocenters. The Morgan fingerprint density at radius 3 is 2.35 bits per heavy atom. The second-order valence-electron chi connectivity index (χ2n) is 5.23. The number of rotatable bonds is 5. The molecule has 0 fully saturated rings. The summed E-state index contributed by atoms with van der Waals surface area (Å²) in [4.78, 5) is 14.3. The Labute approximate surface area is 139 Å². The van der Waals surface area contributed by atoms with Gasteiger partial charge in [0.05, 0.1) is 12.0 Å². The van der Waals surface area contributed by atoms with Gasteiger partial charge in [-0.15, -0.1) is 11.3 Å². The van der Waals surface area contributed by atoms with Gasteiger partial charge in [-0.2, -0.15) is 0 Å². The van der Waals surface area contributed by atoms with Crippen molar-refractivity contribution in [2.75, 3.05) is 12.8 Å². The van der Waals surface area contributed by atoms with Crippen molar-refractivity contribution in [3.05, 3.63) is 71.1 Å². The number of carbonyl (C=O) groups is 1. The smallest absolute Gasteiger partial charge is 0.177 e. The number of ether oxygens (including phenoxy) is 1. The van der Waals surface area contributed by atoms with E-state index in [9.17, 15) is 4.79 Å². The Kier molecular flexibility index (Phi) is 4.44. The summed E-state index contributed by atoms with van der Waals surface area (Å²) in [7, 11) is 1.63. The van der Waals surface area contributed by atoms with Crippen LogP contribution in [0.1, 0.15) is 15.2 Å². The van der Waals surface area contributed by atoms with Crippen LogP contribution in [0.15, 0.2) is 60.7 Å². The molecule has 23 heavy (non-hydrogen) atoms. The van der Waals surface area contributed by atoms with Crippen LogP contribution in [0.3, 0.4) is 0 Å². The zero-order valence-corrected chi connectivity index (χ0v) is 13.6. The molecule has 0 unspecified atom stereocenters. The fourth-order valence-corrected chi connectivity index (χ4v) is 3.26. The molecule has 4 heteroatoms. The summed E-state index contributed by atoms with van der Waals surface area (Å²) in [6.45, 7) is 0. The minimum Gasteiger partial charge on any atom is -0.497 e. The maximum Gasteiger partial charge on any atom is 0.177 e. The van der Waals surface area contributed by atoms with E-state index in [1.54, 1.807) is 7.11 Å². The van der Waals surface area contributed by atoms with Crippen molar-refractivity contribution in [1.29, 1.82) is 0 Å². The first-order valence-electron chi connectivity index (χ1n) is 7.27. The first kappa shape index (κ1) is 15.3. The fourth-order valence-electron chi connectivity index (χ4n) is 2.31. The molecular formula is C19H17NO2S. The third-order valence-corrected chi connectivity index (χ3v) is 4.78. The van der Waals surface area contributed by atoms with E-state index in [-0.39, 0.29) is 5.78 Å². The van der Waals surface area contributed by atoms with Gasteiger partial charge in [-0.05, 0) is 47.5 Å². The van der Waals surface area contributed by atoms with Crippen LogP contribution in [0.4, 0.5) is 5.69 Å². The molecule has 0 saturated carbocycles. The van der Waals surface area contributed by atoms with Gasteiger partial charge in [0, 0.05) is 17.0 Å². The van der Waals surface area contributed by atoms with E-state index >= 15 is 0 Å². The third kappa shape index (κ3) is 3.60. The molecule has 0 amide bonds. The molecule has 1 aromatic heterocycles. The monoisotopic (exact) mass is 323 g/mol. The van der Waals surface area contributed by atoms with Gasteiger partial charge in [-0.3, -0.25) is 4.79 Å². The number of carbonyl (C=O) groups excluding carboxylic acids is 1. The summed E-state index contributed by atoms with van der Waals surface area (Å²) in [5, 5.41) is 0. The molecule has 0 aliphatic heterocycles. The highest BCUT2D eigenvalue weighted by Gasteiger charge is 2.11. The molecule has 2 aromatic carbocycles. The van der Waals surface area contributed by atoms with Crippen molar-refractivity contribution in [2.45, 2.75) is 6.42 Å². The Hall–Kier alpha value is -2.59. The second-order valence-corrected chi connectivity index (χ2v) is 6.32. The standard InChI is InChI=1S/C19H17NO2S/c1-22-16-8-2-13(3-9-16)12-17(21)19-11-10-18(23-19)14-4-6-15(20)7-5-14/h2-11H,12,20H2,1H3. The zero-order valence-electron chi connectivity index (χ0n) is 12.8. The number of methoxy groups -OCH3 is 1. The van der Waals surface area contributed by atoms with Crippen LogP contribution in [0, 0.1) is 0 Å². The zero-order chi connectivity index (χ0) is 16.2. The van der Waals surface area contributed by atoms with E-state index in [1.807, 2.05) is 60.7 Å². The molecule has 0 bridgehead atoms. The van der Waals surface area contributed by atoms with Crippen molar-refractivity contribution in [2.24, 2.45) is 0 Å². The Balaban J connectivity index is 1.74. The van der Waals surface area contributed by atoms with E-state index in [0.29, 0.717) is 6.42 Å². The number of nitrogens with two attached hydrogens (primary N) is 1. The summed E-state index contributed by atoms with van der Waals surface area (Å²) >= 11 is 1.51. The summed E-state index contributed by atoms with van der Waals surface area (Å²) in [6, 6.07) is 19.1.